The van der Waals surface area contributed by atoms with Gasteiger partial charge in [-0.1, -0.05) is 18.7 Å². The van der Waals surface area contributed by atoms with Gasteiger partial charge in [-0.05, 0) is 31.2 Å². The molecule has 0 atom stereocenters. The van der Waals surface area contributed by atoms with E-state index in [4.69, 9.17) is 9.83 Å². The number of allylic oxidation sites excluding steroid dienone is 1. The van der Waals surface area contributed by atoms with Gasteiger partial charge in [-0.3, -0.25) is 0 Å². The standard InChI is InChI=1S/C15H12N2O/c1-3-13(16)12-6-4-5-10-11-8-7-9(2)17-15(11)18-14(10)12/h3-8,16H,1H2,2H3. The quantitative estimate of drug-likeness (QED) is 0.687. The molecule has 0 aliphatic rings. The third-order valence-corrected chi connectivity index (χ3v) is 3.00. The van der Waals surface area contributed by atoms with Crippen LogP contribution >= 0.6 is 0 Å². The number of pyridine rings is 1. The molecular formula is C15H12N2O. The van der Waals surface area contributed by atoms with Gasteiger partial charge in [0.25, 0.3) is 0 Å². The van der Waals surface area contributed by atoms with Crippen LogP contribution in [0.5, 0.6) is 0 Å². The number of benzene rings is 1. The second-order valence-corrected chi connectivity index (χ2v) is 4.21. The summed E-state index contributed by atoms with van der Waals surface area (Å²) in [6.07, 6.45) is 1.51. The SMILES string of the molecule is C=CC(=N)c1cccc2c1oc1nc(C)ccc12. The molecule has 0 spiro atoms. The molecule has 2 aromatic heterocycles. The summed E-state index contributed by atoms with van der Waals surface area (Å²) in [6.45, 7) is 5.56. The maximum Gasteiger partial charge on any atom is 0.227 e. The molecule has 0 fully saturated rings. The fraction of sp³-hybridized carbons (Fsp3) is 0.0667. The van der Waals surface area contributed by atoms with E-state index in [-0.39, 0.29) is 0 Å². The van der Waals surface area contributed by atoms with E-state index in [1.807, 2.05) is 37.3 Å². The second kappa shape index (κ2) is 3.81. The van der Waals surface area contributed by atoms with Crippen molar-refractivity contribution in [2.24, 2.45) is 0 Å². The molecule has 2 heterocycles. The van der Waals surface area contributed by atoms with Crippen molar-refractivity contribution in [1.29, 1.82) is 5.41 Å². The van der Waals surface area contributed by atoms with Crippen LogP contribution in [0.15, 0.2) is 47.4 Å². The van der Waals surface area contributed by atoms with E-state index in [2.05, 4.69) is 11.6 Å². The van der Waals surface area contributed by atoms with Gasteiger partial charge in [0.05, 0.1) is 5.71 Å². The number of rotatable bonds is 2. The average Bonchev–Trinajstić information content (AvgIpc) is 2.74. The van der Waals surface area contributed by atoms with E-state index in [9.17, 15) is 0 Å². The topological polar surface area (TPSA) is 49.9 Å². The summed E-state index contributed by atoms with van der Waals surface area (Å²) in [7, 11) is 0. The molecule has 0 aliphatic heterocycles. The Kier molecular flexibility index (Phi) is 2.27. The Balaban J connectivity index is 2.45. The number of para-hydroxylation sites is 1. The summed E-state index contributed by atoms with van der Waals surface area (Å²) in [6, 6.07) is 9.73. The van der Waals surface area contributed by atoms with Gasteiger partial charge in [0.1, 0.15) is 5.58 Å². The number of aryl methyl sites for hydroxylation is 1. The maximum atomic E-state index is 7.88. The highest BCUT2D eigenvalue weighted by Gasteiger charge is 2.12. The van der Waals surface area contributed by atoms with Gasteiger partial charge in [-0.25, -0.2) is 4.98 Å². The first-order valence-electron chi connectivity index (χ1n) is 5.71. The molecule has 1 N–H and O–H groups in total. The minimum atomic E-state index is 0.358. The molecule has 3 nitrogen and oxygen atoms in total. The molecule has 3 aromatic rings. The molecule has 3 heteroatoms. The zero-order chi connectivity index (χ0) is 12.7. The number of hydrogen-bond donors (Lipinski definition) is 1. The second-order valence-electron chi connectivity index (χ2n) is 4.21. The van der Waals surface area contributed by atoms with Gasteiger partial charge < -0.3 is 9.83 Å². The summed E-state index contributed by atoms with van der Waals surface area (Å²) in [5.74, 6) is 0. The molecule has 0 radical (unpaired) electrons. The number of aromatic nitrogens is 1. The normalized spacial score (nSPS) is 10.9. The fourth-order valence-corrected chi connectivity index (χ4v) is 2.09. The van der Waals surface area contributed by atoms with Crippen molar-refractivity contribution in [2.45, 2.75) is 6.92 Å². The monoisotopic (exact) mass is 236 g/mol. The van der Waals surface area contributed by atoms with Gasteiger partial charge in [0.2, 0.25) is 5.71 Å². The Hall–Kier alpha value is -2.42. The van der Waals surface area contributed by atoms with E-state index >= 15 is 0 Å². The summed E-state index contributed by atoms with van der Waals surface area (Å²) in [5.41, 5.74) is 3.35. The number of fused-ring (bicyclic) bond motifs is 3. The van der Waals surface area contributed by atoms with Crippen molar-refractivity contribution in [3.63, 3.8) is 0 Å². The lowest BCUT2D eigenvalue weighted by Crippen LogP contribution is -1.93. The average molecular weight is 236 g/mol. The zero-order valence-electron chi connectivity index (χ0n) is 10.0. The van der Waals surface area contributed by atoms with Gasteiger partial charge in [0.15, 0.2) is 0 Å². The Morgan fingerprint density at radius 2 is 2.11 bits per heavy atom. The highest BCUT2D eigenvalue weighted by Crippen LogP contribution is 2.30. The third-order valence-electron chi connectivity index (χ3n) is 3.00. The van der Waals surface area contributed by atoms with Crippen molar-refractivity contribution in [3.8, 4) is 0 Å². The van der Waals surface area contributed by atoms with Crippen molar-refractivity contribution in [2.75, 3.05) is 0 Å². The van der Waals surface area contributed by atoms with Crippen molar-refractivity contribution in [3.05, 3.63) is 54.2 Å². The smallest absolute Gasteiger partial charge is 0.227 e. The first-order chi connectivity index (χ1) is 8.70. The minimum Gasteiger partial charge on any atom is -0.437 e. The molecule has 0 bridgehead atoms. The summed E-state index contributed by atoms with van der Waals surface area (Å²) in [5, 5.41) is 9.85. The van der Waals surface area contributed by atoms with Gasteiger partial charge >= 0.3 is 0 Å². The lowest BCUT2D eigenvalue weighted by molar-refractivity contribution is 0.652. The number of furan rings is 1. The molecule has 0 unspecified atom stereocenters. The largest absolute Gasteiger partial charge is 0.437 e. The van der Waals surface area contributed by atoms with Crippen LogP contribution < -0.4 is 0 Å². The Labute approximate surface area is 104 Å². The van der Waals surface area contributed by atoms with Gasteiger partial charge in [-0.2, -0.15) is 0 Å². The molecule has 1 aromatic carbocycles. The number of nitrogens with one attached hydrogen (secondary N) is 1. The van der Waals surface area contributed by atoms with Gasteiger partial charge in [0, 0.05) is 22.0 Å². The van der Waals surface area contributed by atoms with Crippen LogP contribution in [0.25, 0.3) is 22.1 Å². The van der Waals surface area contributed by atoms with Crippen LogP contribution in [0.3, 0.4) is 0 Å². The van der Waals surface area contributed by atoms with E-state index in [1.54, 1.807) is 0 Å². The van der Waals surface area contributed by atoms with E-state index in [0.29, 0.717) is 17.0 Å². The summed E-state index contributed by atoms with van der Waals surface area (Å²) < 4.78 is 5.79. The van der Waals surface area contributed by atoms with E-state index in [0.717, 1.165) is 22.0 Å². The Morgan fingerprint density at radius 3 is 2.89 bits per heavy atom. The lowest BCUT2D eigenvalue weighted by Gasteiger charge is -1.98. The van der Waals surface area contributed by atoms with Crippen LogP contribution in [0.1, 0.15) is 11.3 Å². The molecular weight excluding hydrogens is 224 g/mol. The summed E-state index contributed by atoms with van der Waals surface area (Å²) >= 11 is 0. The third kappa shape index (κ3) is 1.44. The molecule has 0 saturated heterocycles. The maximum absolute atomic E-state index is 7.88. The van der Waals surface area contributed by atoms with Crippen LogP contribution in [-0.2, 0) is 0 Å². The molecule has 0 amide bonds. The van der Waals surface area contributed by atoms with E-state index in [1.165, 1.54) is 6.08 Å². The number of hydrogen-bond acceptors (Lipinski definition) is 3. The van der Waals surface area contributed by atoms with Crippen molar-refractivity contribution < 1.29 is 4.42 Å². The first-order valence-corrected chi connectivity index (χ1v) is 5.71. The zero-order valence-corrected chi connectivity index (χ0v) is 10.0. The van der Waals surface area contributed by atoms with Crippen molar-refractivity contribution >= 4 is 27.8 Å². The molecule has 18 heavy (non-hydrogen) atoms. The van der Waals surface area contributed by atoms with Crippen molar-refractivity contribution in [1.82, 2.24) is 4.98 Å². The van der Waals surface area contributed by atoms with E-state index < -0.39 is 0 Å². The van der Waals surface area contributed by atoms with Gasteiger partial charge in [-0.15, -0.1) is 0 Å². The predicted octanol–water partition coefficient (Wildman–Crippen LogP) is 3.84. The Bertz CT molecular complexity index is 784. The molecule has 3 rings (SSSR count). The van der Waals surface area contributed by atoms with Crippen LogP contribution in [0.2, 0.25) is 0 Å². The predicted molar refractivity (Wildman–Crippen MR) is 73.3 cm³/mol. The molecule has 0 aliphatic carbocycles. The van der Waals surface area contributed by atoms with Crippen LogP contribution in [0, 0.1) is 12.3 Å². The fourth-order valence-electron chi connectivity index (χ4n) is 2.09. The first kappa shape index (κ1) is 10.7. The summed E-state index contributed by atoms with van der Waals surface area (Å²) in [4.78, 5) is 4.38. The highest BCUT2D eigenvalue weighted by atomic mass is 16.3. The Morgan fingerprint density at radius 1 is 1.28 bits per heavy atom. The molecule has 0 saturated carbocycles. The minimum absolute atomic E-state index is 0.358. The van der Waals surface area contributed by atoms with Crippen LogP contribution in [0.4, 0.5) is 0 Å². The lowest BCUT2D eigenvalue weighted by atomic mass is 10.1. The van der Waals surface area contributed by atoms with Crippen LogP contribution in [-0.4, -0.2) is 10.7 Å². The number of nitrogens with zero attached hydrogens (tertiary/aromatic N) is 1. The molecule has 88 valence electrons. The highest BCUT2D eigenvalue weighted by molar-refractivity contribution is 6.17.